The molecule has 21 heteroatoms. The number of hydrogen-bond donors (Lipinski definition) is 3. The van der Waals surface area contributed by atoms with Crippen LogP contribution < -0.4 is 0 Å². The van der Waals surface area contributed by atoms with Gasteiger partial charge in [-0.25, -0.2) is 14.4 Å². The van der Waals surface area contributed by atoms with Crippen molar-refractivity contribution in [3.63, 3.8) is 0 Å². The maximum atomic E-state index is 13.2. The van der Waals surface area contributed by atoms with Crippen molar-refractivity contribution in [1.29, 1.82) is 0 Å². The summed E-state index contributed by atoms with van der Waals surface area (Å²) in [6.45, 7) is 16.8. The van der Waals surface area contributed by atoms with Gasteiger partial charge < -0.3 is 43.5 Å². The van der Waals surface area contributed by atoms with E-state index in [1.807, 2.05) is 105 Å². The minimum atomic E-state index is -0.228. The van der Waals surface area contributed by atoms with Crippen LogP contribution in [0.3, 0.4) is 0 Å². The Kier molecular flexibility index (Phi) is 28.1. The standard InChI is InChI=1S/C27H19N2OS.C25H13FNOS.C25H15N2OS.3C5H8O2.3Ir/c1-15-6-4-7-16(2)25(15)23-13-18-12-22(28-14-24(18)31-23)21-9-5-8-19-20-11-10-17(3)29-27(20)30-26(19)21;26-17-10-8-15(9-11-17)23-13-16-12-21(27-14-24(16)29-23)20-6-3-5-19-18-4-1-2-7-22(18)28-25(19)20;1-15-10-11-19-18-8-5-9-20(24(18)28-25(19)27-15)21-12-17-13-22(29-23(17)14-26-21)16-6-3-2-4-7-16;3*1-4(6)3-5(2)7;;;/h4-8,10-14H,1-3H3;1-5,7-14H;2-8,10-14H,1H3;3*3,6H,1-2H3;;;/q3*-1;;;;;;. The van der Waals surface area contributed by atoms with Gasteiger partial charge in [-0.15, -0.1) is 88.6 Å². The number of nitrogens with zero attached hydrogens (tertiary/aromatic N) is 5. The van der Waals surface area contributed by atoms with Gasteiger partial charge in [-0.3, -0.25) is 14.4 Å². The van der Waals surface area contributed by atoms with Crippen molar-refractivity contribution in [3.8, 4) is 65.1 Å². The van der Waals surface area contributed by atoms with E-state index < -0.39 is 0 Å². The first-order valence-electron chi connectivity index (χ1n) is 34.9. The summed E-state index contributed by atoms with van der Waals surface area (Å²) in [5.74, 6) is -0.416. The monoisotopic (exact) mass is 2080 g/mol. The van der Waals surface area contributed by atoms with E-state index in [1.54, 1.807) is 46.1 Å². The molecule has 0 bridgehead atoms. The second-order valence-electron chi connectivity index (χ2n) is 26.2. The van der Waals surface area contributed by atoms with Gasteiger partial charge >= 0.3 is 0 Å². The molecule has 18 aromatic rings. The van der Waals surface area contributed by atoms with E-state index in [0.717, 1.165) is 120 Å². The number of aromatic nitrogens is 5. The topological polar surface area (TPSA) is 216 Å². The number of thiophene rings is 3. The largest absolute Gasteiger partial charge is 0.512 e. The molecule has 14 nitrogen and oxygen atoms in total. The molecule has 3 radical (unpaired) electrons. The molecular weight excluding hydrogens is 2010 g/mol. The van der Waals surface area contributed by atoms with E-state index >= 15 is 0 Å². The van der Waals surface area contributed by atoms with Crippen LogP contribution in [-0.4, -0.2) is 57.6 Å². The number of carbonyl (C=O) groups is 3. The van der Waals surface area contributed by atoms with Crippen molar-refractivity contribution in [2.24, 2.45) is 0 Å². The Balaban J connectivity index is 0.000000157. The second-order valence-corrected chi connectivity index (χ2v) is 29.4. The summed E-state index contributed by atoms with van der Waals surface area (Å²) in [6.07, 6.45) is 9.29. The Morgan fingerprint density at radius 1 is 0.398 bits per heavy atom. The zero-order valence-corrected chi connectivity index (χ0v) is 72.2. The van der Waals surface area contributed by atoms with Crippen LogP contribution in [0.15, 0.2) is 261 Å². The molecule has 0 saturated heterocycles. The number of para-hydroxylation sites is 1. The normalized spacial score (nSPS) is 11.3. The summed E-state index contributed by atoms with van der Waals surface area (Å²) in [4.78, 5) is 56.9. The second kappa shape index (κ2) is 37.6. The van der Waals surface area contributed by atoms with Crippen LogP contribution in [0.2, 0.25) is 0 Å². The van der Waals surface area contributed by atoms with Gasteiger partial charge in [0.15, 0.2) is 17.3 Å². The molecule has 0 amide bonds. The first kappa shape index (κ1) is 84.5. The Bertz CT molecular complexity index is 6540. The number of fused-ring (bicyclic) bond motifs is 12. The molecule has 0 aliphatic carbocycles. The third-order valence-electron chi connectivity index (χ3n) is 17.3. The number of aryl methyl sites for hydroxylation is 4. The third kappa shape index (κ3) is 19.9. The third-order valence-corrected chi connectivity index (χ3v) is 20.7. The number of benzene rings is 7. The van der Waals surface area contributed by atoms with Crippen LogP contribution in [-0.2, 0) is 74.7 Å². The number of allylic oxidation sites excluding steroid dienone is 6. The number of aliphatic hydroxyl groups is 3. The van der Waals surface area contributed by atoms with E-state index in [9.17, 15) is 18.8 Å². The summed E-state index contributed by atoms with van der Waals surface area (Å²) < 4.78 is 35.1. The molecule has 0 saturated carbocycles. The zero-order valence-electron chi connectivity index (χ0n) is 62.6. The van der Waals surface area contributed by atoms with Crippen LogP contribution in [0.1, 0.15) is 64.1 Å². The predicted octanol–water partition coefficient (Wildman–Crippen LogP) is 25.3. The summed E-state index contributed by atoms with van der Waals surface area (Å²) in [6, 6.07) is 74.4. The Labute approximate surface area is 703 Å². The van der Waals surface area contributed by atoms with Crippen molar-refractivity contribution >= 4 is 148 Å². The smallest absolute Gasteiger partial charge is 0.216 e. The van der Waals surface area contributed by atoms with Crippen LogP contribution in [0, 0.1) is 51.7 Å². The molecule has 573 valence electrons. The predicted molar refractivity (Wildman–Crippen MR) is 446 cm³/mol. The molecule has 0 aliphatic heterocycles. The molecular formula is C92H71FIr3N5O9S3-3. The van der Waals surface area contributed by atoms with Gasteiger partial charge in [0.05, 0.1) is 48.1 Å². The van der Waals surface area contributed by atoms with E-state index in [1.165, 1.54) is 124 Å². The van der Waals surface area contributed by atoms with Gasteiger partial charge in [-0.1, -0.05) is 130 Å². The maximum absolute atomic E-state index is 13.2. The van der Waals surface area contributed by atoms with Crippen molar-refractivity contribution in [2.45, 2.75) is 69.2 Å². The first-order valence-corrected chi connectivity index (χ1v) is 37.4. The van der Waals surface area contributed by atoms with E-state index in [2.05, 4.69) is 144 Å². The number of hydrogen-bond acceptors (Lipinski definition) is 17. The van der Waals surface area contributed by atoms with Crippen molar-refractivity contribution in [1.82, 2.24) is 24.9 Å². The van der Waals surface area contributed by atoms with Crippen LogP contribution in [0.5, 0.6) is 0 Å². The first-order chi connectivity index (χ1) is 53.0. The van der Waals surface area contributed by atoms with Gasteiger partial charge in [0, 0.05) is 139 Å². The van der Waals surface area contributed by atoms with Gasteiger partial charge in [-0.05, 0) is 191 Å². The minimum Gasteiger partial charge on any atom is -0.512 e. The van der Waals surface area contributed by atoms with E-state index in [0.29, 0.717) is 11.4 Å². The summed E-state index contributed by atoms with van der Waals surface area (Å²) >= 11 is 5.19. The van der Waals surface area contributed by atoms with Gasteiger partial charge in [0.25, 0.3) is 0 Å². The fraction of sp³-hybridized carbons (Fsp3) is 0.109. The average molecular weight is 2080 g/mol. The van der Waals surface area contributed by atoms with Gasteiger partial charge in [0.2, 0.25) is 11.4 Å². The summed E-state index contributed by atoms with van der Waals surface area (Å²) in [5, 5.41) is 34.8. The minimum absolute atomic E-state index is 0. The Morgan fingerprint density at radius 3 is 1.18 bits per heavy atom. The number of halogens is 1. The van der Waals surface area contributed by atoms with E-state index in [-0.39, 0.29) is 101 Å². The molecule has 0 spiro atoms. The molecule has 0 atom stereocenters. The zero-order chi connectivity index (χ0) is 77.4. The molecule has 11 heterocycles. The molecule has 0 unspecified atom stereocenters. The number of pyridine rings is 5. The molecule has 3 N–H and O–H groups in total. The molecule has 0 fully saturated rings. The number of furan rings is 3. The summed E-state index contributed by atoms with van der Waals surface area (Å²) in [5.41, 5.74) is 17.7. The van der Waals surface area contributed by atoms with Crippen molar-refractivity contribution in [2.75, 3.05) is 0 Å². The molecule has 7 aromatic carbocycles. The van der Waals surface area contributed by atoms with Gasteiger partial charge in [0.1, 0.15) is 11.4 Å². The van der Waals surface area contributed by atoms with Gasteiger partial charge in [-0.2, -0.15) is 0 Å². The Hall–Kier alpha value is -10.9. The summed E-state index contributed by atoms with van der Waals surface area (Å²) in [7, 11) is 0. The number of aliphatic hydroxyl groups excluding tert-OH is 3. The fourth-order valence-electron chi connectivity index (χ4n) is 12.6. The Morgan fingerprint density at radius 2 is 0.770 bits per heavy atom. The molecule has 18 rings (SSSR count). The number of carbonyl (C=O) groups excluding carboxylic acids is 3. The molecule has 0 aliphatic rings. The maximum Gasteiger partial charge on any atom is 0.216 e. The fourth-order valence-corrected chi connectivity index (χ4v) is 15.9. The number of rotatable bonds is 9. The van der Waals surface area contributed by atoms with Crippen LogP contribution >= 0.6 is 34.0 Å². The average Bonchev–Trinajstić information content (AvgIpc) is 1.62. The SMILES string of the molecule is CC(=O)C=C(C)O.CC(=O)C=C(C)O.CC(=O)C=C(C)O.Cc1ccc2c(n1)oc1c(-c3cc4cc(-c5c(C)cccc5C)sc4cn3)[c-]ccc12.Cc1ccc2c(n1)oc1c(-c3cc4cc(-c5ccccc5)sc4cn3)[c-]ccc12.Fc1ccc(-c2cc3cc(-c4[c-]ccc5c4oc4ccccc45)ncc3s2)cc1.[Ir].[Ir].[Ir]. The van der Waals surface area contributed by atoms with Crippen LogP contribution in [0.25, 0.3) is 161 Å². The quantitative estimate of drug-likeness (QED) is 0.0696. The van der Waals surface area contributed by atoms with E-state index in [4.69, 9.17) is 38.5 Å². The molecule has 113 heavy (non-hydrogen) atoms. The van der Waals surface area contributed by atoms with Crippen molar-refractivity contribution in [3.05, 3.63) is 295 Å². The number of ketones is 3. The van der Waals surface area contributed by atoms with Crippen molar-refractivity contribution < 1.29 is 108 Å². The van der Waals surface area contributed by atoms with Crippen LogP contribution in [0.4, 0.5) is 4.39 Å². The molecule has 11 aromatic heterocycles.